The molecule has 78 valence electrons. The highest BCUT2D eigenvalue weighted by molar-refractivity contribution is 6.32. The topological polar surface area (TPSA) is 49.7 Å². The summed E-state index contributed by atoms with van der Waals surface area (Å²) >= 11 is 5.70. The van der Waals surface area contributed by atoms with Gasteiger partial charge < -0.3 is 14.9 Å². The third-order valence-electron chi connectivity index (χ3n) is 1.95. The van der Waals surface area contributed by atoms with Crippen molar-refractivity contribution < 1.29 is 14.9 Å². The lowest BCUT2D eigenvalue weighted by Gasteiger charge is -2.21. The van der Waals surface area contributed by atoms with Crippen molar-refractivity contribution >= 4 is 11.6 Å². The smallest absolute Gasteiger partial charge is 0.177 e. The molecule has 0 atom stereocenters. The molecule has 4 heteroatoms. The van der Waals surface area contributed by atoms with Crippen LogP contribution in [0.4, 0.5) is 0 Å². The number of aliphatic hydroxyl groups is 1. The fourth-order valence-electron chi connectivity index (χ4n) is 1.24. The molecular weight excluding hydrogens is 204 g/mol. The first kappa shape index (κ1) is 11.1. The number of rotatable bonds is 2. The number of aromatic hydroxyl groups is 1. The standard InChI is InChI=1S/C10H13ClO3/c1-10(2,13)6-4-5-7(11)8(12)9(6)14-3/h4-5,12-13H,1-3H3. The molecule has 0 heterocycles. The van der Waals surface area contributed by atoms with E-state index in [9.17, 15) is 10.2 Å². The van der Waals surface area contributed by atoms with Crippen LogP contribution in [0.25, 0.3) is 0 Å². The summed E-state index contributed by atoms with van der Waals surface area (Å²) in [5.74, 6) is 0.0683. The lowest BCUT2D eigenvalue weighted by atomic mass is 9.97. The van der Waals surface area contributed by atoms with Crippen LogP contribution in [0.1, 0.15) is 19.4 Å². The zero-order valence-corrected chi connectivity index (χ0v) is 9.09. The minimum absolute atomic E-state index is 0.145. The van der Waals surface area contributed by atoms with Crippen molar-refractivity contribution in [2.45, 2.75) is 19.4 Å². The Kier molecular flexibility index (Phi) is 2.92. The maximum Gasteiger partial charge on any atom is 0.177 e. The van der Waals surface area contributed by atoms with Crippen LogP contribution in [0.15, 0.2) is 12.1 Å². The monoisotopic (exact) mass is 216 g/mol. The maximum absolute atomic E-state index is 9.78. The molecule has 1 aromatic rings. The number of phenols is 1. The summed E-state index contributed by atoms with van der Waals surface area (Å²) in [5.41, 5.74) is -0.574. The molecule has 0 bridgehead atoms. The molecule has 0 unspecified atom stereocenters. The van der Waals surface area contributed by atoms with E-state index < -0.39 is 5.60 Å². The number of hydrogen-bond donors (Lipinski definition) is 2. The van der Waals surface area contributed by atoms with Crippen LogP contribution in [0.5, 0.6) is 11.5 Å². The summed E-state index contributed by atoms with van der Waals surface area (Å²) in [6.45, 7) is 3.22. The van der Waals surface area contributed by atoms with Gasteiger partial charge in [0.2, 0.25) is 0 Å². The lowest BCUT2D eigenvalue weighted by Crippen LogP contribution is -2.16. The summed E-state index contributed by atoms with van der Waals surface area (Å²) in [7, 11) is 1.42. The van der Waals surface area contributed by atoms with Crippen molar-refractivity contribution in [3.8, 4) is 11.5 Å². The van der Waals surface area contributed by atoms with Crippen molar-refractivity contribution in [2.24, 2.45) is 0 Å². The molecule has 0 aromatic heterocycles. The Labute approximate surface area is 87.9 Å². The fraction of sp³-hybridized carbons (Fsp3) is 0.400. The van der Waals surface area contributed by atoms with Gasteiger partial charge in [0.25, 0.3) is 0 Å². The van der Waals surface area contributed by atoms with E-state index in [0.717, 1.165) is 0 Å². The van der Waals surface area contributed by atoms with Crippen LogP contribution in [-0.4, -0.2) is 17.3 Å². The van der Waals surface area contributed by atoms with Gasteiger partial charge in [-0.25, -0.2) is 0 Å². The quantitative estimate of drug-likeness (QED) is 0.798. The Balaban J connectivity index is 3.39. The second-order valence-electron chi connectivity index (χ2n) is 3.54. The van der Waals surface area contributed by atoms with E-state index in [-0.39, 0.29) is 16.5 Å². The van der Waals surface area contributed by atoms with Gasteiger partial charge >= 0.3 is 0 Å². The number of hydrogen-bond acceptors (Lipinski definition) is 3. The van der Waals surface area contributed by atoms with Gasteiger partial charge in [0.1, 0.15) is 0 Å². The molecule has 0 saturated carbocycles. The minimum atomic E-state index is -1.08. The van der Waals surface area contributed by atoms with E-state index >= 15 is 0 Å². The SMILES string of the molecule is COc1c(C(C)(C)O)ccc(Cl)c1O. The van der Waals surface area contributed by atoms with Crippen LogP contribution < -0.4 is 4.74 Å². The molecule has 1 aromatic carbocycles. The van der Waals surface area contributed by atoms with Gasteiger partial charge in [0.05, 0.1) is 17.7 Å². The molecule has 0 spiro atoms. The van der Waals surface area contributed by atoms with E-state index in [1.54, 1.807) is 19.9 Å². The number of benzene rings is 1. The van der Waals surface area contributed by atoms with Gasteiger partial charge in [0, 0.05) is 5.56 Å². The van der Waals surface area contributed by atoms with Gasteiger partial charge in [-0.3, -0.25) is 0 Å². The molecule has 0 saturated heterocycles. The predicted molar refractivity (Wildman–Crippen MR) is 54.9 cm³/mol. The molecule has 0 amide bonds. The highest BCUT2D eigenvalue weighted by Gasteiger charge is 2.24. The lowest BCUT2D eigenvalue weighted by molar-refractivity contribution is 0.0751. The Hall–Kier alpha value is -0.930. The fourth-order valence-corrected chi connectivity index (χ4v) is 1.38. The largest absolute Gasteiger partial charge is 0.503 e. The third kappa shape index (κ3) is 1.94. The van der Waals surface area contributed by atoms with Gasteiger partial charge in [-0.2, -0.15) is 0 Å². The first-order chi connectivity index (χ1) is 6.38. The van der Waals surface area contributed by atoms with Crippen molar-refractivity contribution in [1.29, 1.82) is 0 Å². The number of ether oxygens (including phenoxy) is 1. The summed E-state index contributed by atoms with van der Waals surface area (Å²) in [6.07, 6.45) is 0. The van der Waals surface area contributed by atoms with Crippen LogP contribution in [-0.2, 0) is 5.60 Å². The Morgan fingerprint density at radius 1 is 1.36 bits per heavy atom. The average molecular weight is 217 g/mol. The van der Waals surface area contributed by atoms with Crippen molar-refractivity contribution in [1.82, 2.24) is 0 Å². The molecular formula is C10H13ClO3. The van der Waals surface area contributed by atoms with Crippen molar-refractivity contribution in [3.05, 3.63) is 22.7 Å². The van der Waals surface area contributed by atoms with E-state index in [0.29, 0.717) is 5.56 Å². The third-order valence-corrected chi connectivity index (χ3v) is 2.25. The summed E-state index contributed by atoms with van der Waals surface area (Å²) in [5, 5.41) is 19.6. The van der Waals surface area contributed by atoms with E-state index in [1.807, 2.05) is 0 Å². The molecule has 0 fully saturated rings. The Morgan fingerprint density at radius 2 is 1.93 bits per heavy atom. The molecule has 0 aliphatic rings. The van der Waals surface area contributed by atoms with Crippen LogP contribution in [0.2, 0.25) is 5.02 Å². The molecule has 14 heavy (non-hydrogen) atoms. The van der Waals surface area contributed by atoms with Gasteiger partial charge in [-0.05, 0) is 19.9 Å². The number of halogens is 1. The molecule has 1 rings (SSSR count). The van der Waals surface area contributed by atoms with Gasteiger partial charge in [-0.1, -0.05) is 17.7 Å². The average Bonchev–Trinajstić information content (AvgIpc) is 2.07. The predicted octanol–water partition coefficient (Wildman–Crippen LogP) is 2.28. The van der Waals surface area contributed by atoms with Crippen molar-refractivity contribution in [2.75, 3.05) is 7.11 Å². The maximum atomic E-state index is 9.78. The first-order valence-electron chi connectivity index (χ1n) is 4.16. The molecule has 0 radical (unpaired) electrons. The van der Waals surface area contributed by atoms with Crippen LogP contribution >= 0.6 is 11.6 Å². The zero-order chi connectivity index (χ0) is 10.9. The highest BCUT2D eigenvalue weighted by atomic mass is 35.5. The summed E-state index contributed by atoms with van der Waals surface area (Å²) < 4.78 is 4.99. The molecule has 2 N–H and O–H groups in total. The van der Waals surface area contributed by atoms with Gasteiger partial charge in [-0.15, -0.1) is 0 Å². The number of methoxy groups -OCH3 is 1. The van der Waals surface area contributed by atoms with E-state index in [2.05, 4.69) is 0 Å². The zero-order valence-electron chi connectivity index (χ0n) is 8.34. The highest BCUT2D eigenvalue weighted by Crippen LogP contribution is 2.40. The summed E-state index contributed by atoms with van der Waals surface area (Å²) in [6, 6.07) is 3.15. The second-order valence-corrected chi connectivity index (χ2v) is 3.94. The van der Waals surface area contributed by atoms with Gasteiger partial charge in [0.15, 0.2) is 11.5 Å². The second kappa shape index (κ2) is 3.67. The number of phenolic OH excluding ortho intramolecular Hbond substituents is 1. The molecule has 3 nitrogen and oxygen atoms in total. The van der Waals surface area contributed by atoms with Crippen LogP contribution in [0, 0.1) is 0 Å². The Morgan fingerprint density at radius 3 is 2.36 bits per heavy atom. The molecule has 0 aliphatic carbocycles. The van der Waals surface area contributed by atoms with E-state index in [1.165, 1.54) is 13.2 Å². The summed E-state index contributed by atoms with van der Waals surface area (Å²) in [4.78, 5) is 0. The normalized spacial score (nSPS) is 11.5. The molecule has 0 aliphatic heterocycles. The van der Waals surface area contributed by atoms with E-state index in [4.69, 9.17) is 16.3 Å². The van der Waals surface area contributed by atoms with Crippen LogP contribution in [0.3, 0.4) is 0 Å². The first-order valence-corrected chi connectivity index (χ1v) is 4.54. The minimum Gasteiger partial charge on any atom is -0.503 e. The van der Waals surface area contributed by atoms with Crippen molar-refractivity contribution in [3.63, 3.8) is 0 Å². The Bertz CT molecular complexity index is 342.